The van der Waals surface area contributed by atoms with Crippen molar-refractivity contribution in [1.29, 1.82) is 0 Å². The van der Waals surface area contributed by atoms with Gasteiger partial charge in [-0.05, 0) is 32.1 Å². The lowest BCUT2D eigenvalue weighted by Crippen LogP contribution is -2.56. The molecule has 0 saturated carbocycles. The van der Waals surface area contributed by atoms with Gasteiger partial charge in [-0.25, -0.2) is 0 Å². The first-order chi connectivity index (χ1) is 8.54. The van der Waals surface area contributed by atoms with E-state index in [9.17, 15) is 0 Å². The molecule has 1 rings (SSSR count). The highest BCUT2D eigenvalue weighted by atomic mass is 32.1. The summed E-state index contributed by atoms with van der Waals surface area (Å²) in [5.41, 5.74) is 5.52. The molecule has 5 heteroatoms. The topological polar surface area (TPSA) is 47.3 Å². The molecular weight excluding hydrogens is 264 g/mol. The van der Waals surface area contributed by atoms with E-state index in [2.05, 4.69) is 19.2 Å². The summed E-state index contributed by atoms with van der Waals surface area (Å²) in [7, 11) is 0. The first-order valence-electron chi connectivity index (χ1n) is 6.76. The largest absolute Gasteiger partial charge is 0.391 e. The molecule has 1 atom stereocenters. The van der Waals surface area contributed by atoms with Crippen LogP contribution in [0, 0.1) is 0 Å². The second-order valence-electron chi connectivity index (χ2n) is 4.89. The molecule has 1 saturated heterocycles. The molecule has 3 nitrogen and oxygen atoms in total. The van der Waals surface area contributed by atoms with Gasteiger partial charge in [0.05, 0.1) is 21.6 Å². The molecule has 0 aromatic rings. The van der Waals surface area contributed by atoms with Crippen LogP contribution in [0.25, 0.3) is 0 Å². The predicted molar refractivity (Wildman–Crippen MR) is 84.0 cm³/mol. The van der Waals surface area contributed by atoms with Crippen molar-refractivity contribution in [3.63, 3.8) is 0 Å². The number of hydrogen-bond acceptors (Lipinski definition) is 3. The SMILES string of the molecule is CCC(CC)(NC(=S)CC1CCCCO1)C(N)=S. The summed E-state index contributed by atoms with van der Waals surface area (Å²) >= 11 is 10.6. The van der Waals surface area contributed by atoms with Gasteiger partial charge in [0.1, 0.15) is 0 Å². The van der Waals surface area contributed by atoms with Crippen LogP contribution in [-0.2, 0) is 4.74 Å². The fourth-order valence-corrected chi connectivity index (χ4v) is 3.05. The maximum absolute atomic E-state index is 5.85. The summed E-state index contributed by atoms with van der Waals surface area (Å²) < 4.78 is 5.70. The number of hydrogen-bond donors (Lipinski definition) is 2. The quantitative estimate of drug-likeness (QED) is 0.736. The van der Waals surface area contributed by atoms with Crippen LogP contribution < -0.4 is 11.1 Å². The van der Waals surface area contributed by atoms with E-state index in [4.69, 9.17) is 34.9 Å². The molecule has 0 amide bonds. The second kappa shape index (κ2) is 7.36. The van der Waals surface area contributed by atoms with Gasteiger partial charge in [-0.3, -0.25) is 0 Å². The van der Waals surface area contributed by atoms with Gasteiger partial charge < -0.3 is 15.8 Å². The monoisotopic (exact) mass is 288 g/mol. The van der Waals surface area contributed by atoms with E-state index in [0.29, 0.717) is 4.99 Å². The Labute approximate surface area is 121 Å². The van der Waals surface area contributed by atoms with Crippen LogP contribution in [0.4, 0.5) is 0 Å². The van der Waals surface area contributed by atoms with Crippen LogP contribution in [0.2, 0.25) is 0 Å². The van der Waals surface area contributed by atoms with Crippen molar-refractivity contribution in [3.05, 3.63) is 0 Å². The van der Waals surface area contributed by atoms with Crippen LogP contribution in [-0.4, -0.2) is 28.2 Å². The Balaban J connectivity index is 2.53. The lowest BCUT2D eigenvalue weighted by atomic mass is 9.92. The molecule has 1 heterocycles. The predicted octanol–water partition coefficient (Wildman–Crippen LogP) is 2.71. The zero-order chi connectivity index (χ0) is 13.6. The highest BCUT2D eigenvalue weighted by Crippen LogP contribution is 2.19. The molecule has 0 aromatic heterocycles. The highest BCUT2D eigenvalue weighted by molar-refractivity contribution is 7.80. The fraction of sp³-hybridized carbons (Fsp3) is 0.846. The average molecular weight is 288 g/mol. The number of nitrogens with two attached hydrogens (primary N) is 1. The van der Waals surface area contributed by atoms with Crippen molar-refractivity contribution >= 4 is 34.4 Å². The first-order valence-corrected chi connectivity index (χ1v) is 7.58. The van der Waals surface area contributed by atoms with Gasteiger partial charge in [-0.1, -0.05) is 38.3 Å². The average Bonchev–Trinajstić information content (AvgIpc) is 2.37. The van der Waals surface area contributed by atoms with Crippen molar-refractivity contribution in [2.75, 3.05) is 6.61 Å². The molecule has 1 aliphatic rings. The molecule has 0 spiro atoms. The molecule has 0 aromatic carbocycles. The number of ether oxygens (including phenoxy) is 1. The zero-order valence-corrected chi connectivity index (χ0v) is 13.0. The summed E-state index contributed by atoms with van der Waals surface area (Å²) in [6.07, 6.45) is 6.23. The van der Waals surface area contributed by atoms with E-state index in [0.717, 1.165) is 43.7 Å². The third-order valence-electron chi connectivity index (χ3n) is 3.74. The minimum absolute atomic E-state index is 0.261. The standard InChI is InChI=1S/C13H24N2OS2/c1-3-13(4-2,12(14)18)15-11(17)9-10-7-5-6-8-16-10/h10H,3-9H2,1-2H3,(H2,14,18)(H,15,17). The van der Waals surface area contributed by atoms with E-state index in [1.807, 2.05) is 0 Å². The van der Waals surface area contributed by atoms with E-state index in [1.54, 1.807) is 0 Å². The number of nitrogens with one attached hydrogen (secondary N) is 1. The van der Waals surface area contributed by atoms with Gasteiger partial charge in [-0.2, -0.15) is 0 Å². The molecule has 1 aliphatic heterocycles. The van der Waals surface area contributed by atoms with Crippen LogP contribution in [0.15, 0.2) is 0 Å². The van der Waals surface area contributed by atoms with Crippen LogP contribution >= 0.6 is 24.4 Å². The van der Waals surface area contributed by atoms with Crippen LogP contribution in [0.1, 0.15) is 52.4 Å². The first kappa shape index (κ1) is 15.8. The summed E-state index contributed by atoms with van der Waals surface area (Å²) in [6, 6.07) is 0. The molecule has 104 valence electrons. The molecule has 18 heavy (non-hydrogen) atoms. The van der Waals surface area contributed by atoms with Crippen molar-refractivity contribution in [2.24, 2.45) is 5.73 Å². The summed E-state index contributed by atoms with van der Waals surface area (Å²) in [6.45, 7) is 5.01. The highest BCUT2D eigenvalue weighted by Gasteiger charge is 2.30. The molecule has 1 unspecified atom stereocenters. The van der Waals surface area contributed by atoms with E-state index < -0.39 is 0 Å². The Morgan fingerprint density at radius 1 is 1.33 bits per heavy atom. The Morgan fingerprint density at radius 3 is 2.44 bits per heavy atom. The van der Waals surface area contributed by atoms with Crippen molar-refractivity contribution in [2.45, 2.75) is 64.0 Å². The maximum atomic E-state index is 5.85. The van der Waals surface area contributed by atoms with E-state index in [-0.39, 0.29) is 11.6 Å². The Bertz CT molecular complexity index is 297. The van der Waals surface area contributed by atoms with Gasteiger partial charge in [0.2, 0.25) is 0 Å². The fourth-order valence-electron chi connectivity index (χ4n) is 2.33. The summed E-state index contributed by atoms with van der Waals surface area (Å²) in [5, 5.41) is 3.36. The van der Waals surface area contributed by atoms with Gasteiger partial charge in [-0.15, -0.1) is 0 Å². The molecule has 0 aliphatic carbocycles. The lowest BCUT2D eigenvalue weighted by molar-refractivity contribution is 0.0208. The minimum Gasteiger partial charge on any atom is -0.391 e. The number of rotatable bonds is 6. The maximum Gasteiger partial charge on any atom is 0.0985 e. The summed E-state index contributed by atoms with van der Waals surface area (Å²) in [4.78, 5) is 1.32. The minimum atomic E-state index is -0.332. The molecule has 1 fully saturated rings. The van der Waals surface area contributed by atoms with Gasteiger partial charge in [0, 0.05) is 13.0 Å². The van der Waals surface area contributed by atoms with Gasteiger partial charge >= 0.3 is 0 Å². The molecular formula is C13H24N2OS2. The Hall–Kier alpha value is -0.260. The second-order valence-corrected chi connectivity index (χ2v) is 5.83. The third-order valence-corrected chi connectivity index (χ3v) is 4.40. The zero-order valence-electron chi connectivity index (χ0n) is 11.3. The van der Waals surface area contributed by atoms with Crippen LogP contribution in [0.5, 0.6) is 0 Å². The van der Waals surface area contributed by atoms with Gasteiger partial charge in [0.25, 0.3) is 0 Å². The van der Waals surface area contributed by atoms with Crippen molar-refractivity contribution in [3.8, 4) is 0 Å². The summed E-state index contributed by atoms with van der Waals surface area (Å²) in [5.74, 6) is 0. The van der Waals surface area contributed by atoms with Crippen molar-refractivity contribution in [1.82, 2.24) is 5.32 Å². The van der Waals surface area contributed by atoms with Crippen molar-refractivity contribution < 1.29 is 4.74 Å². The van der Waals surface area contributed by atoms with Gasteiger partial charge in [0.15, 0.2) is 0 Å². The molecule has 0 bridgehead atoms. The number of thiocarbonyl (C=S) groups is 2. The molecule has 0 radical (unpaired) electrons. The third kappa shape index (κ3) is 4.14. The Morgan fingerprint density at radius 2 is 2.00 bits per heavy atom. The van der Waals surface area contributed by atoms with Crippen LogP contribution in [0.3, 0.4) is 0 Å². The molecule has 3 N–H and O–H groups in total. The Kier molecular flexibility index (Phi) is 6.46. The lowest BCUT2D eigenvalue weighted by Gasteiger charge is -2.34. The smallest absolute Gasteiger partial charge is 0.0985 e. The van der Waals surface area contributed by atoms with E-state index >= 15 is 0 Å². The normalized spacial score (nSPS) is 20.4. The van der Waals surface area contributed by atoms with E-state index in [1.165, 1.54) is 6.42 Å².